The predicted octanol–water partition coefficient (Wildman–Crippen LogP) is 2.79. The van der Waals surface area contributed by atoms with E-state index >= 15 is 0 Å². The highest BCUT2D eigenvalue weighted by atomic mass is 32.2. The Hall–Kier alpha value is -1.28. The Bertz CT molecular complexity index is 804. The van der Waals surface area contributed by atoms with E-state index in [9.17, 15) is 4.79 Å². The van der Waals surface area contributed by atoms with Crippen molar-refractivity contribution in [2.24, 2.45) is 0 Å². The molecule has 2 aromatic rings. The zero-order valence-corrected chi connectivity index (χ0v) is 15.6. The number of rotatable bonds is 5. The van der Waals surface area contributed by atoms with Gasteiger partial charge in [-0.05, 0) is 5.56 Å². The van der Waals surface area contributed by atoms with E-state index in [0.29, 0.717) is 30.8 Å². The summed E-state index contributed by atoms with van der Waals surface area (Å²) >= 11 is 3.18. The van der Waals surface area contributed by atoms with Gasteiger partial charge in [0.1, 0.15) is 0 Å². The van der Waals surface area contributed by atoms with Crippen LogP contribution in [0.25, 0.3) is 0 Å². The van der Waals surface area contributed by atoms with E-state index < -0.39 is 0 Å². The van der Waals surface area contributed by atoms with E-state index in [1.807, 2.05) is 30.3 Å². The van der Waals surface area contributed by atoms with Crippen molar-refractivity contribution in [3.05, 3.63) is 51.9 Å². The van der Waals surface area contributed by atoms with Gasteiger partial charge in [-0.3, -0.25) is 9.36 Å². The van der Waals surface area contributed by atoms with Gasteiger partial charge in [0.05, 0.1) is 36.1 Å². The van der Waals surface area contributed by atoms with Crippen molar-refractivity contribution < 1.29 is 9.47 Å². The number of aromatic nitrogens is 2. The number of thioether (sulfide) groups is 2. The third kappa shape index (κ3) is 3.79. The molecule has 3 heterocycles. The molecule has 5 nitrogen and oxygen atoms in total. The molecule has 1 aromatic carbocycles. The molecule has 2 aliphatic rings. The molecule has 1 aromatic heterocycles. The highest BCUT2D eigenvalue weighted by Crippen LogP contribution is 2.34. The van der Waals surface area contributed by atoms with Gasteiger partial charge in [-0.15, -0.1) is 11.8 Å². The summed E-state index contributed by atoms with van der Waals surface area (Å²) in [6.07, 6.45) is 0.638. The van der Waals surface area contributed by atoms with Gasteiger partial charge in [0, 0.05) is 11.7 Å². The van der Waals surface area contributed by atoms with Gasteiger partial charge in [0.25, 0.3) is 5.56 Å². The average Bonchev–Trinajstić information content (AvgIpc) is 3.26. The van der Waals surface area contributed by atoms with Crippen molar-refractivity contribution in [2.75, 3.05) is 19.0 Å². The lowest BCUT2D eigenvalue weighted by Gasteiger charge is -2.15. The molecule has 1 saturated heterocycles. The summed E-state index contributed by atoms with van der Waals surface area (Å²) in [4.78, 5) is 18.7. The molecule has 25 heavy (non-hydrogen) atoms. The predicted molar refractivity (Wildman–Crippen MR) is 99.5 cm³/mol. The molecule has 1 unspecified atom stereocenters. The number of ether oxygens (including phenoxy) is 2. The fourth-order valence-electron chi connectivity index (χ4n) is 2.99. The summed E-state index contributed by atoms with van der Waals surface area (Å²) in [7, 11) is 0. The Balaban J connectivity index is 1.66. The Morgan fingerprint density at radius 2 is 2.04 bits per heavy atom. The van der Waals surface area contributed by atoms with Crippen molar-refractivity contribution in [3.8, 4) is 0 Å². The first-order valence-corrected chi connectivity index (χ1v) is 10.3. The highest BCUT2D eigenvalue weighted by Gasteiger charge is 2.27. The third-order valence-corrected chi connectivity index (χ3v) is 6.41. The van der Waals surface area contributed by atoms with E-state index in [-0.39, 0.29) is 11.8 Å². The quantitative estimate of drug-likeness (QED) is 0.591. The zero-order valence-electron chi connectivity index (χ0n) is 14.0. The van der Waals surface area contributed by atoms with Gasteiger partial charge in [-0.1, -0.05) is 49.0 Å². The summed E-state index contributed by atoms with van der Waals surface area (Å²) in [6, 6.07) is 10.0. The summed E-state index contributed by atoms with van der Waals surface area (Å²) in [5.41, 5.74) is 2.10. The lowest BCUT2D eigenvalue weighted by Crippen LogP contribution is -2.26. The molecule has 2 aliphatic heterocycles. The molecule has 0 N–H and O–H groups in total. The Labute approximate surface area is 155 Å². The second-order valence-corrected chi connectivity index (χ2v) is 8.60. The zero-order chi connectivity index (χ0) is 17.2. The first kappa shape index (κ1) is 17.1. The number of nitrogens with zero attached hydrogens (tertiary/aromatic N) is 2. The number of hydrogen-bond donors (Lipinski definition) is 0. The van der Waals surface area contributed by atoms with Crippen LogP contribution in [0.2, 0.25) is 0 Å². The molecule has 0 bridgehead atoms. The number of benzene rings is 1. The molecule has 4 rings (SSSR count). The number of fused-ring (bicyclic) bond motifs is 1. The van der Waals surface area contributed by atoms with Crippen LogP contribution < -0.4 is 5.56 Å². The Morgan fingerprint density at radius 1 is 1.28 bits per heavy atom. The fourth-order valence-corrected chi connectivity index (χ4v) is 5.07. The van der Waals surface area contributed by atoms with E-state index in [0.717, 1.165) is 27.7 Å². The largest absolute Gasteiger partial charge is 0.349 e. The molecule has 0 aliphatic carbocycles. The third-order valence-electron chi connectivity index (χ3n) is 4.19. The molecule has 1 fully saturated rings. The topological polar surface area (TPSA) is 53.4 Å². The van der Waals surface area contributed by atoms with Crippen LogP contribution in [0.3, 0.4) is 0 Å². The molecule has 0 spiro atoms. The van der Waals surface area contributed by atoms with Crippen molar-refractivity contribution in [1.82, 2.24) is 9.55 Å². The molecular weight excluding hydrogens is 356 g/mol. The molecule has 0 saturated carbocycles. The van der Waals surface area contributed by atoms with Gasteiger partial charge in [0.15, 0.2) is 11.4 Å². The standard InChI is InChI=1S/C18H20N2O3S2/c1-12-9-14-16(25-12)17(21)20(10-13-5-3-2-4-6-13)18(19-14)24-11-15-22-7-8-23-15/h2-6,12,15H,7-11H2,1H3. The molecule has 1 atom stereocenters. The monoisotopic (exact) mass is 376 g/mol. The van der Waals surface area contributed by atoms with Crippen LogP contribution in [0.5, 0.6) is 0 Å². The van der Waals surface area contributed by atoms with Gasteiger partial charge in [0.2, 0.25) is 0 Å². The maximum atomic E-state index is 13.1. The van der Waals surface area contributed by atoms with E-state index in [1.165, 1.54) is 11.8 Å². The smallest absolute Gasteiger partial charge is 0.268 e. The minimum Gasteiger partial charge on any atom is -0.349 e. The first-order chi connectivity index (χ1) is 12.2. The van der Waals surface area contributed by atoms with Crippen molar-refractivity contribution in [3.63, 3.8) is 0 Å². The maximum absolute atomic E-state index is 13.1. The first-order valence-electron chi connectivity index (χ1n) is 8.41. The second-order valence-electron chi connectivity index (χ2n) is 6.16. The molecule has 7 heteroatoms. The van der Waals surface area contributed by atoms with Gasteiger partial charge in [-0.2, -0.15) is 0 Å². The minimum atomic E-state index is -0.214. The van der Waals surface area contributed by atoms with Gasteiger partial charge >= 0.3 is 0 Å². The van der Waals surface area contributed by atoms with Crippen molar-refractivity contribution in [1.29, 1.82) is 0 Å². The molecule has 132 valence electrons. The van der Waals surface area contributed by atoms with Crippen LogP contribution in [-0.2, 0) is 22.4 Å². The minimum absolute atomic E-state index is 0.0685. The second kappa shape index (κ2) is 7.53. The van der Waals surface area contributed by atoms with Gasteiger partial charge < -0.3 is 9.47 Å². The lowest BCUT2D eigenvalue weighted by atomic mass is 10.2. The van der Waals surface area contributed by atoms with Crippen LogP contribution in [0.15, 0.2) is 45.2 Å². The highest BCUT2D eigenvalue weighted by molar-refractivity contribution is 8.00. The van der Waals surface area contributed by atoms with Crippen LogP contribution in [-0.4, -0.2) is 40.1 Å². The van der Waals surface area contributed by atoms with Gasteiger partial charge in [-0.25, -0.2) is 4.98 Å². The van der Waals surface area contributed by atoms with Crippen molar-refractivity contribution in [2.45, 2.75) is 41.5 Å². The number of hydrogen-bond acceptors (Lipinski definition) is 6. The average molecular weight is 377 g/mol. The summed E-state index contributed by atoms with van der Waals surface area (Å²) in [5, 5.41) is 1.16. The van der Waals surface area contributed by atoms with Crippen LogP contribution in [0, 0.1) is 0 Å². The Morgan fingerprint density at radius 3 is 2.80 bits per heavy atom. The summed E-state index contributed by atoms with van der Waals surface area (Å²) in [6.45, 7) is 3.94. The Kier molecular flexibility index (Phi) is 5.17. The van der Waals surface area contributed by atoms with Crippen LogP contribution in [0.1, 0.15) is 18.2 Å². The molecule has 0 amide bonds. The molecular formula is C18H20N2O3S2. The maximum Gasteiger partial charge on any atom is 0.268 e. The summed E-state index contributed by atoms with van der Waals surface area (Å²) < 4.78 is 12.8. The SMILES string of the molecule is CC1Cc2nc(SCC3OCCO3)n(Cc3ccccc3)c(=O)c2S1. The van der Waals surface area contributed by atoms with E-state index in [4.69, 9.17) is 14.5 Å². The van der Waals surface area contributed by atoms with E-state index in [1.54, 1.807) is 16.3 Å². The summed E-state index contributed by atoms with van der Waals surface area (Å²) in [5.74, 6) is 0.642. The van der Waals surface area contributed by atoms with Crippen molar-refractivity contribution >= 4 is 23.5 Å². The normalized spacial score (nSPS) is 20.1. The van der Waals surface area contributed by atoms with Crippen LogP contribution in [0.4, 0.5) is 0 Å². The fraction of sp³-hybridized carbons (Fsp3) is 0.444. The van der Waals surface area contributed by atoms with Crippen LogP contribution >= 0.6 is 23.5 Å². The molecule has 0 radical (unpaired) electrons. The van der Waals surface area contributed by atoms with E-state index in [2.05, 4.69) is 6.92 Å². The lowest BCUT2D eigenvalue weighted by molar-refractivity contribution is -0.0215.